The molecule has 2 aromatic rings. The van der Waals surface area contributed by atoms with Crippen LogP contribution in [0.4, 0.5) is 0 Å². The summed E-state index contributed by atoms with van der Waals surface area (Å²) in [6, 6.07) is 10.9. The molecule has 0 saturated carbocycles. The number of sulfonamides is 2. The molecule has 3 rings (SSSR count). The number of benzene rings is 2. The van der Waals surface area contributed by atoms with Crippen molar-refractivity contribution < 1.29 is 21.6 Å². The van der Waals surface area contributed by atoms with Crippen LogP contribution >= 0.6 is 11.6 Å². The standard InChI is InChI=1S/C20H25ClN2O5S2/c1-28-20-10-9-18(15-19(20)21)29(24,25)22-12-11-16-5-7-17(8-6-16)30(26,27)23-13-3-2-4-14-23/h5-10,15,22H,2-4,11-14H2,1H3. The van der Waals surface area contributed by atoms with E-state index >= 15 is 0 Å². The molecule has 0 aliphatic carbocycles. The van der Waals surface area contributed by atoms with E-state index in [1.54, 1.807) is 24.3 Å². The summed E-state index contributed by atoms with van der Waals surface area (Å²) in [5, 5.41) is 0.214. The predicted molar refractivity (Wildman–Crippen MR) is 116 cm³/mol. The van der Waals surface area contributed by atoms with Crippen molar-refractivity contribution in [3.63, 3.8) is 0 Å². The lowest BCUT2D eigenvalue weighted by Crippen LogP contribution is -2.35. The van der Waals surface area contributed by atoms with E-state index in [0.29, 0.717) is 25.3 Å². The van der Waals surface area contributed by atoms with Crippen molar-refractivity contribution in [3.05, 3.63) is 53.1 Å². The fourth-order valence-electron chi connectivity index (χ4n) is 3.31. The second-order valence-corrected chi connectivity index (χ2v) is 11.2. The SMILES string of the molecule is COc1ccc(S(=O)(=O)NCCc2ccc(S(=O)(=O)N3CCCCC3)cc2)cc1Cl. The summed E-state index contributed by atoms with van der Waals surface area (Å²) in [6.45, 7) is 1.28. The Morgan fingerprint density at radius 2 is 1.60 bits per heavy atom. The van der Waals surface area contributed by atoms with Gasteiger partial charge < -0.3 is 4.74 Å². The maximum absolute atomic E-state index is 12.7. The third-order valence-corrected chi connectivity index (χ3v) is 8.68. The molecule has 2 aromatic carbocycles. The minimum atomic E-state index is -3.72. The Labute approximate surface area is 183 Å². The highest BCUT2D eigenvalue weighted by atomic mass is 35.5. The first-order chi connectivity index (χ1) is 14.2. The lowest BCUT2D eigenvalue weighted by Gasteiger charge is -2.25. The van der Waals surface area contributed by atoms with Crippen LogP contribution in [0.1, 0.15) is 24.8 Å². The quantitative estimate of drug-likeness (QED) is 0.637. The third kappa shape index (κ3) is 5.33. The molecule has 1 aliphatic rings. The Morgan fingerprint density at radius 3 is 2.20 bits per heavy atom. The second kappa shape index (κ2) is 9.65. The molecule has 0 amide bonds. The highest BCUT2D eigenvalue weighted by Crippen LogP contribution is 2.27. The van der Waals surface area contributed by atoms with Crippen molar-refractivity contribution in [1.29, 1.82) is 0 Å². The number of hydrogen-bond acceptors (Lipinski definition) is 5. The van der Waals surface area contributed by atoms with Crippen LogP contribution in [0.25, 0.3) is 0 Å². The summed E-state index contributed by atoms with van der Waals surface area (Å²) in [6.07, 6.45) is 3.25. The van der Waals surface area contributed by atoms with Gasteiger partial charge in [-0.1, -0.05) is 30.2 Å². The number of methoxy groups -OCH3 is 1. The maximum Gasteiger partial charge on any atom is 0.243 e. The second-order valence-electron chi connectivity index (χ2n) is 7.05. The van der Waals surface area contributed by atoms with Crippen molar-refractivity contribution in [2.24, 2.45) is 0 Å². The molecule has 10 heteroatoms. The predicted octanol–water partition coefficient (Wildman–Crippen LogP) is 3.04. The largest absolute Gasteiger partial charge is 0.495 e. The smallest absolute Gasteiger partial charge is 0.243 e. The monoisotopic (exact) mass is 472 g/mol. The van der Waals surface area contributed by atoms with Crippen molar-refractivity contribution in [3.8, 4) is 5.75 Å². The van der Waals surface area contributed by atoms with Gasteiger partial charge in [-0.05, 0) is 55.2 Å². The van der Waals surface area contributed by atoms with Gasteiger partial charge in [0.25, 0.3) is 0 Å². The Bertz CT molecular complexity index is 1080. The molecule has 1 heterocycles. The fourth-order valence-corrected chi connectivity index (χ4v) is 6.21. The summed E-state index contributed by atoms with van der Waals surface area (Å²) in [5.74, 6) is 0.398. The van der Waals surface area contributed by atoms with Gasteiger partial charge in [0.1, 0.15) is 5.75 Å². The zero-order valence-corrected chi connectivity index (χ0v) is 19.1. The van der Waals surface area contributed by atoms with Crippen molar-refractivity contribution in [2.45, 2.75) is 35.5 Å². The van der Waals surface area contributed by atoms with Gasteiger partial charge in [-0.3, -0.25) is 0 Å². The summed E-state index contributed by atoms with van der Waals surface area (Å²) >= 11 is 6.00. The van der Waals surface area contributed by atoms with Gasteiger partial charge in [-0.15, -0.1) is 0 Å². The van der Waals surface area contributed by atoms with E-state index in [0.717, 1.165) is 24.8 Å². The molecule has 164 valence electrons. The fraction of sp³-hybridized carbons (Fsp3) is 0.400. The van der Waals surface area contributed by atoms with Gasteiger partial charge in [-0.25, -0.2) is 21.6 Å². The minimum absolute atomic E-state index is 0.0521. The Hall–Kier alpha value is -1.65. The van der Waals surface area contributed by atoms with Crippen LogP contribution < -0.4 is 9.46 Å². The number of piperidine rings is 1. The van der Waals surface area contributed by atoms with E-state index in [1.807, 2.05) is 0 Å². The average Bonchev–Trinajstić information content (AvgIpc) is 2.74. The lowest BCUT2D eigenvalue weighted by molar-refractivity contribution is 0.346. The molecule has 1 saturated heterocycles. The molecule has 30 heavy (non-hydrogen) atoms. The van der Waals surface area contributed by atoms with E-state index in [9.17, 15) is 16.8 Å². The summed E-state index contributed by atoms with van der Waals surface area (Å²) in [5.41, 5.74) is 0.836. The van der Waals surface area contributed by atoms with Gasteiger partial charge in [0, 0.05) is 19.6 Å². The van der Waals surface area contributed by atoms with Crippen LogP contribution in [0, 0.1) is 0 Å². The van der Waals surface area contributed by atoms with E-state index < -0.39 is 20.0 Å². The highest BCUT2D eigenvalue weighted by Gasteiger charge is 2.25. The van der Waals surface area contributed by atoms with Crippen LogP contribution in [0.15, 0.2) is 52.3 Å². The highest BCUT2D eigenvalue weighted by molar-refractivity contribution is 7.89. The molecule has 7 nitrogen and oxygen atoms in total. The summed E-state index contributed by atoms with van der Waals surface area (Å²) in [4.78, 5) is 0.317. The van der Waals surface area contributed by atoms with Crippen LogP contribution in [-0.2, 0) is 26.5 Å². The van der Waals surface area contributed by atoms with E-state index in [4.69, 9.17) is 16.3 Å². The minimum Gasteiger partial charge on any atom is -0.495 e. The molecule has 0 spiro atoms. The molecule has 0 radical (unpaired) electrons. The average molecular weight is 473 g/mol. The zero-order chi connectivity index (χ0) is 21.8. The zero-order valence-electron chi connectivity index (χ0n) is 16.7. The van der Waals surface area contributed by atoms with E-state index in [2.05, 4.69) is 4.72 Å². The number of halogens is 1. The normalized spacial score (nSPS) is 15.8. The first kappa shape index (κ1) is 23.0. The summed E-state index contributed by atoms with van der Waals surface area (Å²) in [7, 11) is -5.73. The molecular weight excluding hydrogens is 448 g/mol. The first-order valence-electron chi connectivity index (χ1n) is 9.66. The Balaban J connectivity index is 1.60. The topological polar surface area (TPSA) is 92.8 Å². The summed E-state index contributed by atoms with van der Waals surface area (Å²) < 4.78 is 59.3. The van der Waals surface area contributed by atoms with Crippen molar-refractivity contribution in [1.82, 2.24) is 9.03 Å². The Morgan fingerprint density at radius 1 is 0.967 bits per heavy atom. The number of nitrogens with zero attached hydrogens (tertiary/aromatic N) is 1. The molecule has 0 aromatic heterocycles. The van der Waals surface area contributed by atoms with Gasteiger partial charge in [0.15, 0.2) is 0 Å². The molecule has 1 fully saturated rings. The lowest BCUT2D eigenvalue weighted by atomic mass is 10.2. The number of hydrogen-bond donors (Lipinski definition) is 1. The molecular formula is C20H25ClN2O5S2. The van der Waals surface area contributed by atoms with Gasteiger partial charge in [0.2, 0.25) is 20.0 Å². The van der Waals surface area contributed by atoms with Crippen LogP contribution in [0.2, 0.25) is 5.02 Å². The van der Waals surface area contributed by atoms with Gasteiger partial charge in [-0.2, -0.15) is 4.31 Å². The molecule has 0 bridgehead atoms. The third-order valence-electron chi connectivity index (χ3n) is 5.02. The van der Waals surface area contributed by atoms with E-state index in [1.165, 1.54) is 29.6 Å². The van der Waals surface area contributed by atoms with E-state index in [-0.39, 0.29) is 21.4 Å². The molecule has 0 unspecified atom stereocenters. The van der Waals surface area contributed by atoms with Gasteiger partial charge in [0.05, 0.1) is 21.9 Å². The van der Waals surface area contributed by atoms with Crippen LogP contribution in [-0.4, -0.2) is 47.9 Å². The molecule has 0 atom stereocenters. The molecule has 1 aliphatic heterocycles. The van der Waals surface area contributed by atoms with Crippen molar-refractivity contribution >= 4 is 31.6 Å². The number of rotatable bonds is 8. The molecule has 1 N–H and O–H groups in total. The number of ether oxygens (including phenoxy) is 1. The first-order valence-corrected chi connectivity index (χ1v) is 13.0. The van der Waals surface area contributed by atoms with Crippen LogP contribution in [0.3, 0.4) is 0 Å². The van der Waals surface area contributed by atoms with Crippen molar-refractivity contribution in [2.75, 3.05) is 26.7 Å². The van der Waals surface area contributed by atoms with Gasteiger partial charge >= 0.3 is 0 Å². The number of nitrogens with one attached hydrogen (secondary N) is 1. The van der Waals surface area contributed by atoms with Crippen LogP contribution in [0.5, 0.6) is 5.75 Å². The maximum atomic E-state index is 12.7. The Kier molecular flexibility index (Phi) is 7.41.